The van der Waals surface area contributed by atoms with Gasteiger partial charge in [-0.1, -0.05) is 36.8 Å². The summed E-state index contributed by atoms with van der Waals surface area (Å²) in [4.78, 5) is 12.1. The van der Waals surface area contributed by atoms with Crippen LogP contribution in [-0.4, -0.2) is 18.6 Å². The molecule has 0 spiro atoms. The molecular formula is C22H26N2O2. The minimum Gasteiger partial charge on any atom is -0.493 e. The van der Waals surface area contributed by atoms with Crippen molar-refractivity contribution in [2.75, 3.05) is 6.61 Å². The highest BCUT2D eigenvalue weighted by atomic mass is 16.5. The number of benzene rings is 2. The van der Waals surface area contributed by atoms with E-state index < -0.39 is 0 Å². The Kier molecular flexibility index (Phi) is 4.93. The van der Waals surface area contributed by atoms with Gasteiger partial charge in [-0.05, 0) is 53.1 Å². The van der Waals surface area contributed by atoms with Crippen LogP contribution in [0.4, 0.5) is 0 Å². The first-order valence-corrected chi connectivity index (χ1v) is 9.56. The highest BCUT2D eigenvalue weighted by Gasteiger charge is 2.25. The van der Waals surface area contributed by atoms with E-state index in [0.29, 0.717) is 18.9 Å². The summed E-state index contributed by atoms with van der Waals surface area (Å²) in [5.74, 6) is 1.46. The lowest BCUT2D eigenvalue weighted by atomic mass is 9.99. The molecule has 2 aromatic rings. The monoisotopic (exact) mass is 350 g/mol. The van der Waals surface area contributed by atoms with Crippen LogP contribution in [0, 0.1) is 5.92 Å². The third kappa shape index (κ3) is 3.75. The second kappa shape index (κ2) is 7.50. The molecule has 0 saturated heterocycles. The Morgan fingerprint density at radius 1 is 1.12 bits per heavy atom. The zero-order valence-corrected chi connectivity index (χ0v) is 15.0. The van der Waals surface area contributed by atoms with Crippen molar-refractivity contribution in [2.45, 2.75) is 44.7 Å². The molecule has 1 saturated carbocycles. The smallest absolute Gasteiger partial charge is 0.220 e. The van der Waals surface area contributed by atoms with Crippen molar-refractivity contribution in [2.24, 2.45) is 11.7 Å². The molecule has 26 heavy (non-hydrogen) atoms. The Bertz CT molecular complexity index is 785. The predicted molar refractivity (Wildman–Crippen MR) is 103 cm³/mol. The Hall–Kier alpha value is -2.33. The van der Waals surface area contributed by atoms with Crippen LogP contribution in [0.25, 0.3) is 11.1 Å². The van der Waals surface area contributed by atoms with Crippen molar-refractivity contribution in [3.05, 3.63) is 53.6 Å². The van der Waals surface area contributed by atoms with Crippen LogP contribution in [0.2, 0.25) is 0 Å². The highest BCUT2D eigenvalue weighted by molar-refractivity contribution is 5.76. The number of rotatable bonds is 5. The molecule has 1 heterocycles. The number of ether oxygens (including phenoxy) is 1. The van der Waals surface area contributed by atoms with Crippen molar-refractivity contribution < 1.29 is 9.53 Å². The average molecular weight is 350 g/mol. The van der Waals surface area contributed by atoms with Gasteiger partial charge in [0.1, 0.15) is 5.75 Å². The van der Waals surface area contributed by atoms with Gasteiger partial charge in [0, 0.05) is 25.4 Å². The molecule has 2 atom stereocenters. The molecule has 1 aliphatic heterocycles. The van der Waals surface area contributed by atoms with Crippen molar-refractivity contribution >= 4 is 5.91 Å². The molecule has 0 unspecified atom stereocenters. The summed E-state index contributed by atoms with van der Waals surface area (Å²) >= 11 is 0. The standard InChI is InChI=1S/C22H26N2O2/c23-20-3-1-2-18(20)13-22(25)24-14-15-4-6-16(7-5-15)17-8-9-21-19(12-17)10-11-26-21/h4-9,12,18,20H,1-3,10-11,13-14,23H2,(H,24,25)/t18-,20+/m0/s1. The molecule has 1 aliphatic carbocycles. The molecule has 0 aromatic heterocycles. The second-order valence-corrected chi connectivity index (χ2v) is 7.45. The molecule has 2 aliphatic rings. The van der Waals surface area contributed by atoms with Crippen LogP contribution in [0.1, 0.15) is 36.8 Å². The molecule has 4 nitrogen and oxygen atoms in total. The molecule has 136 valence electrons. The van der Waals surface area contributed by atoms with Gasteiger partial charge < -0.3 is 15.8 Å². The number of fused-ring (bicyclic) bond motifs is 1. The normalized spacial score (nSPS) is 21.3. The second-order valence-electron chi connectivity index (χ2n) is 7.45. The van der Waals surface area contributed by atoms with Crippen LogP contribution < -0.4 is 15.8 Å². The lowest BCUT2D eigenvalue weighted by Crippen LogP contribution is -2.31. The van der Waals surface area contributed by atoms with E-state index in [1.54, 1.807) is 0 Å². The Morgan fingerprint density at radius 2 is 1.92 bits per heavy atom. The summed E-state index contributed by atoms with van der Waals surface area (Å²) in [6.07, 6.45) is 4.81. The Balaban J connectivity index is 1.33. The number of carbonyl (C=O) groups excluding carboxylic acids is 1. The molecule has 1 amide bonds. The molecule has 4 heteroatoms. The van der Waals surface area contributed by atoms with E-state index in [2.05, 4.69) is 47.8 Å². The van der Waals surface area contributed by atoms with E-state index in [4.69, 9.17) is 10.5 Å². The van der Waals surface area contributed by atoms with Gasteiger partial charge in [-0.2, -0.15) is 0 Å². The van der Waals surface area contributed by atoms with Gasteiger partial charge >= 0.3 is 0 Å². The lowest BCUT2D eigenvalue weighted by Gasteiger charge is -2.14. The van der Waals surface area contributed by atoms with E-state index in [1.807, 2.05) is 0 Å². The molecular weight excluding hydrogens is 324 g/mol. The first-order chi connectivity index (χ1) is 12.7. The van der Waals surface area contributed by atoms with E-state index in [-0.39, 0.29) is 11.9 Å². The van der Waals surface area contributed by atoms with Crippen LogP contribution in [0.5, 0.6) is 5.75 Å². The van der Waals surface area contributed by atoms with E-state index in [0.717, 1.165) is 43.6 Å². The fourth-order valence-electron chi connectivity index (χ4n) is 4.01. The minimum absolute atomic E-state index is 0.107. The minimum atomic E-state index is 0.107. The van der Waals surface area contributed by atoms with Gasteiger partial charge in [-0.3, -0.25) is 4.79 Å². The van der Waals surface area contributed by atoms with Gasteiger partial charge in [0.05, 0.1) is 6.61 Å². The first kappa shape index (κ1) is 17.1. The first-order valence-electron chi connectivity index (χ1n) is 9.56. The zero-order chi connectivity index (χ0) is 17.9. The van der Waals surface area contributed by atoms with Crippen molar-refractivity contribution in [3.8, 4) is 16.9 Å². The predicted octanol–water partition coefficient (Wildman–Crippen LogP) is 3.42. The third-order valence-corrected chi connectivity index (χ3v) is 5.63. The van der Waals surface area contributed by atoms with Crippen LogP contribution >= 0.6 is 0 Å². The van der Waals surface area contributed by atoms with Crippen molar-refractivity contribution in [3.63, 3.8) is 0 Å². The van der Waals surface area contributed by atoms with Crippen molar-refractivity contribution in [1.29, 1.82) is 0 Å². The van der Waals surface area contributed by atoms with Crippen LogP contribution in [0.3, 0.4) is 0 Å². The largest absolute Gasteiger partial charge is 0.493 e. The maximum atomic E-state index is 12.1. The fourth-order valence-corrected chi connectivity index (χ4v) is 4.01. The van der Waals surface area contributed by atoms with Gasteiger partial charge in [0.2, 0.25) is 5.91 Å². The number of hydrogen-bond acceptors (Lipinski definition) is 3. The van der Waals surface area contributed by atoms with Crippen molar-refractivity contribution in [1.82, 2.24) is 5.32 Å². The van der Waals surface area contributed by atoms with Gasteiger partial charge in [-0.15, -0.1) is 0 Å². The lowest BCUT2D eigenvalue weighted by molar-refractivity contribution is -0.122. The third-order valence-electron chi connectivity index (χ3n) is 5.63. The summed E-state index contributed by atoms with van der Waals surface area (Å²) in [6.45, 7) is 1.35. The number of nitrogens with two attached hydrogens (primary N) is 1. The maximum Gasteiger partial charge on any atom is 0.220 e. The number of carbonyl (C=O) groups is 1. The maximum absolute atomic E-state index is 12.1. The van der Waals surface area contributed by atoms with E-state index >= 15 is 0 Å². The summed E-state index contributed by atoms with van der Waals surface area (Å²) in [5.41, 5.74) is 10.8. The van der Waals surface area contributed by atoms with E-state index in [9.17, 15) is 4.79 Å². The molecule has 0 radical (unpaired) electrons. The summed E-state index contributed by atoms with van der Waals surface area (Å²) in [7, 11) is 0. The van der Waals surface area contributed by atoms with E-state index in [1.165, 1.54) is 16.7 Å². The fraction of sp³-hybridized carbons (Fsp3) is 0.409. The molecule has 1 fully saturated rings. The highest BCUT2D eigenvalue weighted by Crippen LogP contribution is 2.30. The van der Waals surface area contributed by atoms with Gasteiger partial charge in [-0.25, -0.2) is 0 Å². The molecule has 0 bridgehead atoms. The Morgan fingerprint density at radius 3 is 2.69 bits per heavy atom. The Labute approximate surface area is 154 Å². The number of nitrogens with one attached hydrogen (secondary N) is 1. The zero-order valence-electron chi connectivity index (χ0n) is 15.0. The summed E-state index contributed by atoms with van der Waals surface area (Å²) in [5, 5.41) is 3.03. The average Bonchev–Trinajstić information content (AvgIpc) is 3.29. The van der Waals surface area contributed by atoms with Gasteiger partial charge in [0.25, 0.3) is 0 Å². The van der Waals surface area contributed by atoms with Crippen LogP contribution in [0.15, 0.2) is 42.5 Å². The number of hydrogen-bond donors (Lipinski definition) is 2. The van der Waals surface area contributed by atoms with Crippen LogP contribution in [-0.2, 0) is 17.8 Å². The summed E-state index contributed by atoms with van der Waals surface area (Å²) < 4.78 is 5.57. The quantitative estimate of drug-likeness (QED) is 0.868. The topological polar surface area (TPSA) is 64.4 Å². The molecule has 2 aromatic carbocycles. The molecule has 4 rings (SSSR count). The number of amides is 1. The SMILES string of the molecule is N[C@@H]1CCC[C@H]1CC(=O)NCc1ccc(-c2ccc3c(c2)CCO3)cc1. The molecule has 3 N–H and O–H groups in total. The summed E-state index contributed by atoms with van der Waals surface area (Å²) in [6, 6.07) is 15.0. The van der Waals surface area contributed by atoms with Gasteiger partial charge in [0.15, 0.2) is 0 Å².